The van der Waals surface area contributed by atoms with Crippen LogP contribution in [0.4, 0.5) is 0 Å². The van der Waals surface area contributed by atoms with Gasteiger partial charge in [0.05, 0.1) is 5.52 Å². The lowest BCUT2D eigenvalue weighted by Crippen LogP contribution is -1.95. The first-order valence-electron chi connectivity index (χ1n) is 5.20. The lowest BCUT2D eigenvalue weighted by atomic mass is 9.95. The SMILES string of the molecule is CC(CC=O)c1cccc2c1c(Cl)nn2C. The van der Waals surface area contributed by atoms with Crippen LogP contribution in [-0.4, -0.2) is 16.1 Å². The number of rotatable bonds is 3. The van der Waals surface area contributed by atoms with Crippen LogP contribution in [0.25, 0.3) is 10.9 Å². The molecule has 2 aromatic rings. The molecule has 0 amide bonds. The quantitative estimate of drug-likeness (QED) is 0.768. The molecule has 0 aliphatic heterocycles. The van der Waals surface area contributed by atoms with Crippen molar-refractivity contribution in [1.82, 2.24) is 9.78 Å². The Kier molecular flexibility index (Phi) is 2.97. The molecule has 1 aromatic carbocycles. The third kappa shape index (κ3) is 1.71. The first kappa shape index (κ1) is 11.1. The molecule has 0 aliphatic carbocycles. The zero-order chi connectivity index (χ0) is 11.7. The molecule has 3 nitrogen and oxygen atoms in total. The number of carbonyl (C=O) groups excluding carboxylic acids is 1. The predicted molar refractivity (Wildman–Crippen MR) is 64.8 cm³/mol. The van der Waals surface area contributed by atoms with Gasteiger partial charge in [-0.25, -0.2) is 0 Å². The van der Waals surface area contributed by atoms with E-state index in [1.807, 2.05) is 32.2 Å². The summed E-state index contributed by atoms with van der Waals surface area (Å²) in [6.07, 6.45) is 1.44. The molecule has 1 unspecified atom stereocenters. The zero-order valence-corrected chi connectivity index (χ0v) is 10.0. The minimum Gasteiger partial charge on any atom is -0.303 e. The Morgan fingerprint density at radius 1 is 1.56 bits per heavy atom. The number of carbonyl (C=O) groups is 1. The molecule has 4 heteroatoms. The molecule has 0 N–H and O–H groups in total. The van der Waals surface area contributed by atoms with Crippen molar-refractivity contribution in [3.05, 3.63) is 28.9 Å². The molecule has 1 aromatic heterocycles. The Hall–Kier alpha value is -1.35. The number of fused-ring (bicyclic) bond motifs is 1. The second kappa shape index (κ2) is 4.26. The van der Waals surface area contributed by atoms with E-state index in [9.17, 15) is 4.79 Å². The van der Waals surface area contributed by atoms with E-state index < -0.39 is 0 Å². The fourth-order valence-electron chi connectivity index (χ4n) is 1.97. The number of aldehydes is 1. The summed E-state index contributed by atoms with van der Waals surface area (Å²) in [7, 11) is 1.86. The Bertz CT molecular complexity index is 533. The molecule has 0 radical (unpaired) electrons. The average Bonchev–Trinajstić information content (AvgIpc) is 2.55. The number of aryl methyl sites for hydroxylation is 1. The molecule has 0 saturated heterocycles. The van der Waals surface area contributed by atoms with Crippen LogP contribution in [0.15, 0.2) is 18.2 Å². The first-order valence-corrected chi connectivity index (χ1v) is 5.57. The number of halogens is 1. The van der Waals surface area contributed by atoms with Crippen LogP contribution in [0.2, 0.25) is 5.15 Å². The van der Waals surface area contributed by atoms with Gasteiger partial charge in [-0.15, -0.1) is 0 Å². The lowest BCUT2D eigenvalue weighted by Gasteiger charge is -2.09. The van der Waals surface area contributed by atoms with Gasteiger partial charge in [0.1, 0.15) is 6.29 Å². The fourth-order valence-corrected chi connectivity index (χ4v) is 2.29. The highest BCUT2D eigenvalue weighted by Gasteiger charge is 2.14. The predicted octanol–water partition coefficient (Wildman–Crippen LogP) is 2.92. The van der Waals surface area contributed by atoms with Gasteiger partial charge in [-0.1, -0.05) is 30.7 Å². The largest absolute Gasteiger partial charge is 0.303 e. The zero-order valence-electron chi connectivity index (χ0n) is 9.27. The van der Waals surface area contributed by atoms with Crippen molar-refractivity contribution in [2.45, 2.75) is 19.3 Å². The number of nitrogens with zero attached hydrogens (tertiary/aromatic N) is 2. The summed E-state index contributed by atoms with van der Waals surface area (Å²) in [6, 6.07) is 5.95. The second-order valence-electron chi connectivity index (χ2n) is 3.96. The van der Waals surface area contributed by atoms with E-state index in [1.54, 1.807) is 4.68 Å². The summed E-state index contributed by atoms with van der Waals surface area (Å²) >= 11 is 6.11. The van der Waals surface area contributed by atoms with Crippen LogP contribution < -0.4 is 0 Å². The summed E-state index contributed by atoms with van der Waals surface area (Å²) in [5, 5.41) is 5.65. The Morgan fingerprint density at radius 3 is 3.00 bits per heavy atom. The van der Waals surface area contributed by atoms with Gasteiger partial charge in [0.2, 0.25) is 0 Å². The van der Waals surface area contributed by atoms with Crippen molar-refractivity contribution >= 4 is 28.8 Å². The minimum atomic E-state index is 0.169. The molecule has 0 fully saturated rings. The molecule has 0 aliphatic rings. The van der Waals surface area contributed by atoms with Gasteiger partial charge in [0.25, 0.3) is 0 Å². The van der Waals surface area contributed by atoms with E-state index in [2.05, 4.69) is 5.10 Å². The van der Waals surface area contributed by atoms with Crippen LogP contribution >= 0.6 is 11.6 Å². The van der Waals surface area contributed by atoms with Crippen molar-refractivity contribution in [2.24, 2.45) is 7.05 Å². The van der Waals surface area contributed by atoms with E-state index in [-0.39, 0.29) is 5.92 Å². The van der Waals surface area contributed by atoms with Crippen LogP contribution in [0, 0.1) is 0 Å². The van der Waals surface area contributed by atoms with E-state index in [1.165, 1.54) is 0 Å². The smallest absolute Gasteiger partial charge is 0.159 e. The maximum Gasteiger partial charge on any atom is 0.159 e. The molecule has 0 spiro atoms. The van der Waals surface area contributed by atoms with Crippen molar-refractivity contribution in [2.75, 3.05) is 0 Å². The summed E-state index contributed by atoms with van der Waals surface area (Å²) in [5.41, 5.74) is 2.09. The molecule has 1 heterocycles. The maximum absolute atomic E-state index is 10.6. The Balaban J connectivity index is 2.65. The number of hydrogen-bond acceptors (Lipinski definition) is 2. The molecule has 2 rings (SSSR count). The van der Waals surface area contributed by atoms with Crippen molar-refractivity contribution in [1.29, 1.82) is 0 Å². The molecular formula is C12H13ClN2O. The molecular weight excluding hydrogens is 224 g/mol. The van der Waals surface area contributed by atoms with Crippen molar-refractivity contribution in [3.63, 3.8) is 0 Å². The van der Waals surface area contributed by atoms with Crippen LogP contribution in [0.5, 0.6) is 0 Å². The highest BCUT2D eigenvalue weighted by molar-refractivity contribution is 6.34. The van der Waals surface area contributed by atoms with Crippen molar-refractivity contribution in [3.8, 4) is 0 Å². The highest BCUT2D eigenvalue weighted by atomic mass is 35.5. The standard InChI is InChI=1S/C12H13ClN2O/c1-8(6-7-16)9-4-3-5-10-11(9)12(13)14-15(10)2/h3-5,7-8H,6H2,1-2H3. The third-order valence-electron chi connectivity index (χ3n) is 2.85. The maximum atomic E-state index is 10.6. The summed E-state index contributed by atoms with van der Waals surface area (Å²) in [6.45, 7) is 2.02. The Morgan fingerprint density at radius 2 is 2.31 bits per heavy atom. The van der Waals surface area contributed by atoms with E-state index in [0.29, 0.717) is 11.6 Å². The van der Waals surface area contributed by atoms with Crippen LogP contribution in [0.3, 0.4) is 0 Å². The average molecular weight is 237 g/mol. The topological polar surface area (TPSA) is 34.9 Å². The molecule has 16 heavy (non-hydrogen) atoms. The number of aromatic nitrogens is 2. The molecule has 84 valence electrons. The van der Waals surface area contributed by atoms with Gasteiger partial charge < -0.3 is 4.79 Å². The molecule has 0 saturated carbocycles. The summed E-state index contributed by atoms with van der Waals surface area (Å²) in [5.74, 6) is 0.169. The lowest BCUT2D eigenvalue weighted by molar-refractivity contribution is -0.108. The van der Waals surface area contributed by atoms with Gasteiger partial charge in [-0.2, -0.15) is 5.10 Å². The number of benzene rings is 1. The van der Waals surface area contributed by atoms with Gasteiger partial charge in [-0.3, -0.25) is 4.68 Å². The van der Waals surface area contributed by atoms with Gasteiger partial charge in [-0.05, 0) is 17.5 Å². The summed E-state index contributed by atoms with van der Waals surface area (Å²) < 4.78 is 1.76. The van der Waals surface area contributed by atoms with Gasteiger partial charge >= 0.3 is 0 Å². The third-order valence-corrected chi connectivity index (χ3v) is 3.11. The van der Waals surface area contributed by atoms with Crippen LogP contribution in [-0.2, 0) is 11.8 Å². The van der Waals surface area contributed by atoms with Crippen LogP contribution in [0.1, 0.15) is 24.8 Å². The second-order valence-corrected chi connectivity index (χ2v) is 4.32. The fraction of sp³-hybridized carbons (Fsp3) is 0.333. The Labute approximate surface area is 99.0 Å². The normalized spacial score (nSPS) is 12.9. The minimum absolute atomic E-state index is 0.169. The van der Waals surface area contributed by atoms with Gasteiger partial charge in [0.15, 0.2) is 5.15 Å². The van der Waals surface area contributed by atoms with Crippen molar-refractivity contribution < 1.29 is 4.79 Å². The monoisotopic (exact) mass is 236 g/mol. The molecule has 1 atom stereocenters. The highest BCUT2D eigenvalue weighted by Crippen LogP contribution is 2.31. The first-order chi connectivity index (χ1) is 7.65. The van der Waals surface area contributed by atoms with E-state index in [4.69, 9.17) is 11.6 Å². The molecule has 0 bridgehead atoms. The summed E-state index contributed by atoms with van der Waals surface area (Å²) in [4.78, 5) is 10.6. The van der Waals surface area contributed by atoms with E-state index >= 15 is 0 Å². The van der Waals surface area contributed by atoms with E-state index in [0.717, 1.165) is 22.8 Å². The van der Waals surface area contributed by atoms with Gasteiger partial charge in [0, 0.05) is 18.9 Å². The number of hydrogen-bond donors (Lipinski definition) is 0.